The van der Waals surface area contributed by atoms with Crippen LogP contribution >= 0.6 is 23.1 Å². The summed E-state index contributed by atoms with van der Waals surface area (Å²) in [6, 6.07) is 8.09. The Morgan fingerprint density at radius 3 is 2.43 bits per heavy atom. The molecule has 0 atom stereocenters. The molecule has 7 heteroatoms. The fourth-order valence-corrected chi connectivity index (χ4v) is 3.10. The van der Waals surface area contributed by atoms with Gasteiger partial charge in [0, 0.05) is 22.8 Å². The number of carbonyl (C=O) groups excluding carboxylic acids is 2. The van der Waals surface area contributed by atoms with E-state index in [1.165, 1.54) is 23.2 Å². The number of rotatable bonds is 5. The second-order valence-corrected chi connectivity index (χ2v) is 7.26. The van der Waals surface area contributed by atoms with Gasteiger partial charge in [0.05, 0.1) is 5.69 Å². The summed E-state index contributed by atoms with van der Waals surface area (Å²) in [5, 5.41) is 7.77. The Morgan fingerprint density at radius 2 is 1.87 bits per heavy atom. The number of benzene rings is 1. The van der Waals surface area contributed by atoms with Gasteiger partial charge >= 0.3 is 0 Å². The van der Waals surface area contributed by atoms with Crippen LogP contribution in [0.4, 0.5) is 5.13 Å². The maximum atomic E-state index is 12.2. The van der Waals surface area contributed by atoms with Crippen molar-refractivity contribution in [3.05, 3.63) is 29.6 Å². The van der Waals surface area contributed by atoms with Crippen molar-refractivity contribution in [2.24, 2.45) is 0 Å². The summed E-state index contributed by atoms with van der Waals surface area (Å²) in [6.07, 6.45) is 2.03. The first kappa shape index (κ1) is 17.5. The molecule has 2 amide bonds. The normalized spacial score (nSPS) is 11.1. The average molecular weight is 349 g/mol. The number of nitrogens with zero attached hydrogens (tertiary/aromatic N) is 1. The Bertz CT molecular complexity index is 708. The summed E-state index contributed by atoms with van der Waals surface area (Å²) in [4.78, 5) is 29.0. The minimum absolute atomic E-state index is 0.251. The molecule has 0 bridgehead atoms. The van der Waals surface area contributed by atoms with Crippen LogP contribution in [0.15, 0.2) is 34.5 Å². The quantitative estimate of drug-likeness (QED) is 0.812. The molecule has 2 aromatic rings. The minimum Gasteiger partial charge on any atom is -0.342 e. The van der Waals surface area contributed by atoms with Crippen LogP contribution in [0.5, 0.6) is 0 Å². The molecule has 0 fully saturated rings. The highest BCUT2D eigenvalue weighted by atomic mass is 32.2. The van der Waals surface area contributed by atoms with Crippen LogP contribution in [0.1, 0.15) is 20.8 Å². The van der Waals surface area contributed by atoms with Crippen LogP contribution in [0.2, 0.25) is 0 Å². The van der Waals surface area contributed by atoms with E-state index in [1.807, 2.05) is 35.9 Å². The first-order valence-electron chi connectivity index (χ1n) is 7.02. The van der Waals surface area contributed by atoms with E-state index in [0.717, 1.165) is 11.3 Å². The topological polar surface area (TPSA) is 71.1 Å². The Morgan fingerprint density at radius 1 is 1.22 bits per heavy atom. The fourth-order valence-electron chi connectivity index (χ4n) is 1.98. The molecule has 2 rings (SSSR count). The monoisotopic (exact) mass is 349 g/mol. The number of nitrogens with one attached hydrogen (secondary N) is 2. The molecule has 0 unspecified atom stereocenters. The summed E-state index contributed by atoms with van der Waals surface area (Å²) in [5.41, 5.74) is 0.827. The molecule has 0 aliphatic rings. The molecule has 0 aliphatic carbocycles. The number of hydrogen-bond donors (Lipinski definition) is 2. The standard InChI is InChI=1S/C16H19N3O2S2/c1-10(20)19-16(2,3)14(21)18-15-17-13(9-23-15)11-5-7-12(22-4)8-6-11/h5-9H,1-4H3,(H,19,20)(H,17,18,21). The van der Waals surface area contributed by atoms with Gasteiger partial charge in [-0.2, -0.15) is 0 Å². The van der Waals surface area contributed by atoms with Gasteiger partial charge in [0.2, 0.25) is 5.91 Å². The van der Waals surface area contributed by atoms with Crippen LogP contribution in [0.3, 0.4) is 0 Å². The van der Waals surface area contributed by atoms with Gasteiger partial charge in [-0.15, -0.1) is 23.1 Å². The summed E-state index contributed by atoms with van der Waals surface area (Å²) < 4.78 is 0. The lowest BCUT2D eigenvalue weighted by atomic mass is 10.1. The van der Waals surface area contributed by atoms with E-state index in [9.17, 15) is 9.59 Å². The van der Waals surface area contributed by atoms with E-state index >= 15 is 0 Å². The minimum atomic E-state index is -0.988. The zero-order valence-electron chi connectivity index (χ0n) is 13.5. The molecule has 1 heterocycles. The van der Waals surface area contributed by atoms with Crippen molar-refractivity contribution in [3.8, 4) is 11.3 Å². The van der Waals surface area contributed by atoms with Crippen molar-refractivity contribution < 1.29 is 9.59 Å². The van der Waals surface area contributed by atoms with E-state index in [-0.39, 0.29) is 11.8 Å². The molecule has 23 heavy (non-hydrogen) atoms. The van der Waals surface area contributed by atoms with E-state index in [1.54, 1.807) is 25.6 Å². The van der Waals surface area contributed by atoms with Crippen molar-refractivity contribution in [2.75, 3.05) is 11.6 Å². The first-order chi connectivity index (χ1) is 10.8. The second kappa shape index (κ2) is 7.14. The van der Waals surface area contributed by atoms with Crippen LogP contribution in [-0.2, 0) is 9.59 Å². The molecule has 1 aromatic carbocycles. The van der Waals surface area contributed by atoms with Crippen LogP contribution in [-0.4, -0.2) is 28.6 Å². The fraction of sp³-hybridized carbons (Fsp3) is 0.312. The number of hydrogen-bond acceptors (Lipinski definition) is 5. The first-order valence-corrected chi connectivity index (χ1v) is 9.12. The van der Waals surface area contributed by atoms with Crippen molar-refractivity contribution in [1.29, 1.82) is 0 Å². The predicted octanol–water partition coefficient (Wildman–Crippen LogP) is 3.39. The Kier molecular flexibility index (Phi) is 5.43. The Hall–Kier alpha value is -1.86. The number of thioether (sulfide) groups is 1. The predicted molar refractivity (Wildman–Crippen MR) is 95.9 cm³/mol. The third-order valence-corrected chi connectivity index (χ3v) is 4.67. The SMILES string of the molecule is CSc1ccc(-c2csc(NC(=O)C(C)(C)NC(C)=O)n2)cc1. The zero-order valence-corrected chi connectivity index (χ0v) is 15.1. The zero-order chi connectivity index (χ0) is 17.0. The summed E-state index contributed by atoms with van der Waals surface area (Å²) in [7, 11) is 0. The van der Waals surface area contributed by atoms with Gasteiger partial charge in [-0.05, 0) is 32.2 Å². The van der Waals surface area contributed by atoms with Crippen molar-refractivity contribution in [3.63, 3.8) is 0 Å². The maximum absolute atomic E-state index is 12.2. The molecule has 2 N–H and O–H groups in total. The smallest absolute Gasteiger partial charge is 0.251 e. The van der Waals surface area contributed by atoms with E-state index < -0.39 is 5.54 Å². The Labute approximate surface area is 143 Å². The van der Waals surface area contributed by atoms with Gasteiger partial charge in [0.15, 0.2) is 5.13 Å². The molecule has 0 saturated heterocycles. The van der Waals surface area contributed by atoms with Gasteiger partial charge in [-0.3, -0.25) is 14.9 Å². The number of thiazole rings is 1. The maximum Gasteiger partial charge on any atom is 0.251 e. The third-order valence-electron chi connectivity index (χ3n) is 3.17. The highest BCUT2D eigenvalue weighted by molar-refractivity contribution is 7.98. The van der Waals surface area contributed by atoms with E-state index in [4.69, 9.17) is 0 Å². The number of anilines is 1. The lowest BCUT2D eigenvalue weighted by Gasteiger charge is -2.23. The molecular weight excluding hydrogens is 330 g/mol. The largest absolute Gasteiger partial charge is 0.342 e. The molecule has 0 spiro atoms. The molecule has 0 radical (unpaired) electrons. The summed E-state index contributed by atoms with van der Waals surface area (Å²) in [6.45, 7) is 4.69. The van der Waals surface area contributed by atoms with Gasteiger partial charge in [0.1, 0.15) is 5.54 Å². The van der Waals surface area contributed by atoms with Crippen LogP contribution in [0.25, 0.3) is 11.3 Å². The molecule has 1 aromatic heterocycles. The lowest BCUT2D eigenvalue weighted by molar-refractivity contribution is -0.128. The van der Waals surface area contributed by atoms with Crippen LogP contribution < -0.4 is 10.6 Å². The lowest BCUT2D eigenvalue weighted by Crippen LogP contribution is -2.51. The van der Waals surface area contributed by atoms with Gasteiger partial charge in [0.25, 0.3) is 5.91 Å². The Balaban J connectivity index is 2.09. The molecular formula is C16H19N3O2S2. The number of carbonyl (C=O) groups is 2. The van der Waals surface area contributed by atoms with Gasteiger partial charge in [-0.25, -0.2) is 4.98 Å². The van der Waals surface area contributed by atoms with E-state index in [2.05, 4.69) is 15.6 Å². The summed E-state index contributed by atoms with van der Waals surface area (Å²) in [5.74, 6) is -0.551. The number of amides is 2. The van der Waals surface area contributed by atoms with Crippen molar-refractivity contribution >= 4 is 40.0 Å². The van der Waals surface area contributed by atoms with E-state index in [0.29, 0.717) is 5.13 Å². The third kappa shape index (κ3) is 4.56. The molecule has 0 aliphatic heterocycles. The van der Waals surface area contributed by atoms with Gasteiger partial charge < -0.3 is 5.32 Å². The second-order valence-electron chi connectivity index (χ2n) is 5.53. The van der Waals surface area contributed by atoms with Crippen molar-refractivity contribution in [2.45, 2.75) is 31.2 Å². The summed E-state index contributed by atoms with van der Waals surface area (Å²) >= 11 is 3.04. The molecule has 0 saturated carbocycles. The van der Waals surface area contributed by atoms with Crippen LogP contribution in [0, 0.1) is 0 Å². The number of aromatic nitrogens is 1. The highest BCUT2D eigenvalue weighted by Crippen LogP contribution is 2.27. The van der Waals surface area contributed by atoms with Gasteiger partial charge in [-0.1, -0.05) is 12.1 Å². The molecule has 5 nitrogen and oxygen atoms in total. The van der Waals surface area contributed by atoms with Crippen molar-refractivity contribution in [1.82, 2.24) is 10.3 Å². The highest BCUT2D eigenvalue weighted by Gasteiger charge is 2.29. The average Bonchev–Trinajstić information content (AvgIpc) is 2.94. The molecule has 122 valence electrons.